The Morgan fingerprint density at radius 2 is 1.97 bits per heavy atom. The molecule has 5 rings (SSSR count). The zero-order valence-electron chi connectivity index (χ0n) is 18.1. The van der Waals surface area contributed by atoms with Crippen molar-refractivity contribution in [1.29, 1.82) is 0 Å². The summed E-state index contributed by atoms with van der Waals surface area (Å²) in [5.41, 5.74) is 3.50. The first-order valence-corrected chi connectivity index (χ1v) is 10.8. The normalized spacial score (nSPS) is 14.4. The molecule has 166 valence electrons. The lowest BCUT2D eigenvalue weighted by Crippen LogP contribution is -2.51. The monoisotopic (exact) mass is 442 g/mol. The molecule has 4 aromatic rings. The van der Waals surface area contributed by atoms with Gasteiger partial charge in [-0.3, -0.25) is 14.9 Å². The molecule has 0 atom stereocenters. The van der Waals surface area contributed by atoms with Crippen LogP contribution in [0.4, 0.5) is 11.4 Å². The van der Waals surface area contributed by atoms with E-state index in [1.165, 1.54) is 0 Å². The Bertz CT molecular complexity index is 1290. The van der Waals surface area contributed by atoms with Crippen LogP contribution in [0.2, 0.25) is 6.82 Å². The van der Waals surface area contributed by atoms with Crippen molar-refractivity contribution >= 4 is 35.2 Å². The maximum absolute atomic E-state index is 13.0. The van der Waals surface area contributed by atoms with Crippen LogP contribution in [0.25, 0.3) is 22.3 Å². The van der Waals surface area contributed by atoms with Crippen molar-refractivity contribution in [3.8, 4) is 11.4 Å². The van der Waals surface area contributed by atoms with Gasteiger partial charge in [-0.15, -0.1) is 0 Å². The first kappa shape index (κ1) is 21.0. The minimum absolute atomic E-state index is 0.265. The van der Waals surface area contributed by atoms with E-state index in [1.807, 2.05) is 29.1 Å². The number of carbonyl (C=O) groups is 1. The van der Waals surface area contributed by atoms with Gasteiger partial charge < -0.3 is 20.1 Å². The maximum Gasteiger partial charge on any atom is 0.376 e. The van der Waals surface area contributed by atoms with Gasteiger partial charge in [0, 0.05) is 49.5 Å². The predicted molar refractivity (Wildman–Crippen MR) is 127 cm³/mol. The summed E-state index contributed by atoms with van der Waals surface area (Å²) in [5.74, 6) is 0.131. The number of amides is 1. The van der Waals surface area contributed by atoms with Crippen LogP contribution in [0, 0.1) is 0 Å². The number of nitrogens with one attached hydrogen (secondary N) is 2. The van der Waals surface area contributed by atoms with Crippen LogP contribution >= 0.6 is 0 Å². The summed E-state index contributed by atoms with van der Waals surface area (Å²) in [6.07, 6.45) is 6.67. The maximum atomic E-state index is 13.0. The van der Waals surface area contributed by atoms with E-state index in [0.717, 1.165) is 48.3 Å². The Kier molecular flexibility index (Phi) is 5.72. The highest BCUT2D eigenvalue weighted by Crippen LogP contribution is 2.26. The third kappa shape index (κ3) is 4.41. The topological polar surface area (TPSA) is 123 Å². The van der Waals surface area contributed by atoms with Gasteiger partial charge in [0.1, 0.15) is 5.69 Å². The lowest BCUT2D eigenvalue weighted by Gasteiger charge is -2.37. The van der Waals surface area contributed by atoms with Crippen LogP contribution in [0.15, 0.2) is 55.1 Å². The molecule has 0 spiro atoms. The molecule has 3 aromatic heterocycles. The number of anilines is 2. The summed E-state index contributed by atoms with van der Waals surface area (Å²) < 4.78 is 0. The van der Waals surface area contributed by atoms with Crippen molar-refractivity contribution in [3.05, 3.63) is 60.8 Å². The summed E-state index contributed by atoms with van der Waals surface area (Å²) in [6, 6.07) is 9.21. The Morgan fingerprint density at radius 1 is 1.12 bits per heavy atom. The van der Waals surface area contributed by atoms with Crippen molar-refractivity contribution in [2.75, 3.05) is 36.4 Å². The highest BCUT2D eigenvalue weighted by atomic mass is 16.2. The van der Waals surface area contributed by atoms with Crippen molar-refractivity contribution in [1.82, 2.24) is 30.0 Å². The molecule has 0 unspecified atom stereocenters. The van der Waals surface area contributed by atoms with Gasteiger partial charge in [-0.25, -0.2) is 9.97 Å². The zero-order valence-corrected chi connectivity index (χ0v) is 18.1. The number of H-pyrrole nitrogens is 1. The third-order valence-corrected chi connectivity index (χ3v) is 5.82. The second kappa shape index (κ2) is 8.97. The fourth-order valence-electron chi connectivity index (χ4n) is 3.99. The molecule has 0 aliphatic carbocycles. The lowest BCUT2D eigenvalue weighted by molar-refractivity contribution is 0.102. The quantitative estimate of drug-likeness (QED) is 0.401. The van der Waals surface area contributed by atoms with E-state index in [2.05, 4.69) is 35.4 Å². The van der Waals surface area contributed by atoms with Gasteiger partial charge >= 0.3 is 7.05 Å². The standard InChI is InChI=1S/C22H23BN8O2/c1-23(33)31-10-8-30(9-11-31)20-5-6-24-14-19(20)28-22(32)18-4-7-25-21(27-18)15-2-3-17-16(12-15)13-26-29-17/h2-7,12-14,33H,8-11H2,1H3,(H,26,29)(H,28,32). The number of nitrogens with zero attached hydrogens (tertiary/aromatic N) is 6. The third-order valence-electron chi connectivity index (χ3n) is 5.82. The van der Waals surface area contributed by atoms with Crippen molar-refractivity contribution in [2.45, 2.75) is 6.82 Å². The fourth-order valence-corrected chi connectivity index (χ4v) is 3.99. The van der Waals surface area contributed by atoms with E-state index < -0.39 is 7.05 Å². The van der Waals surface area contributed by atoms with Gasteiger partial charge in [-0.2, -0.15) is 5.10 Å². The van der Waals surface area contributed by atoms with Crippen LogP contribution in [0.5, 0.6) is 0 Å². The first-order valence-electron chi connectivity index (χ1n) is 10.8. The Labute approximate surface area is 190 Å². The van der Waals surface area contributed by atoms with Gasteiger partial charge in [-0.1, -0.05) is 0 Å². The molecular formula is C22H23BN8O2. The lowest BCUT2D eigenvalue weighted by atomic mass is 9.84. The molecule has 3 N–H and O–H groups in total. The molecule has 11 heteroatoms. The molecular weight excluding hydrogens is 419 g/mol. The molecule has 1 fully saturated rings. The van der Waals surface area contributed by atoms with E-state index in [-0.39, 0.29) is 11.6 Å². The predicted octanol–water partition coefficient (Wildman–Crippen LogP) is 1.90. The summed E-state index contributed by atoms with van der Waals surface area (Å²) in [7, 11) is -0.468. The Balaban J connectivity index is 1.35. The highest BCUT2D eigenvalue weighted by molar-refractivity contribution is 6.45. The van der Waals surface area contributed by atoms with Crippen LogP contribution in [-0.2, 0) is 0 Å². The van der Waals surface area contributed by atoms with Gasteiger partial charge in [0.15, 0.2) is 5.82 Å². The number of aromatic amines is 1. The SMILES string of the molecule is CB(O)N1CCN(c2ccncc2NC(=O)c2ccnc(-c3ccc4[nH]ncc4c3)n2)CC1. The molecule has 0 radical (unpaired) electrons. The fraction of sp³-hybridized carbons (Fsp3) is 0.227. The molecule has 4 heterocycles. The Hall–Kier alpha value is -3.83. The van der Waals surface area contributed by atoms with Crippen LogP contribution < -0.4 is 10.2 Å². The van der Waals surface area contributed by atoms with Crippen LogP contribution in [-0.4, -0.2) is 74.1 Å². The largest absolute Gasteiger partial charge is 0.437 e. The average molecular weight is 442 g/mol. The minimum atomic E-state index is -0.468. The number of hydrogen-bond acceptors (Lipinski definition) is 8. The van der Waals surface area contributed by atoms with Crippen LogP contribution in [0.1, 0.15) is 10.5 Å². The second-order valence-corrected chi connectivity index (χ2v) is 7.94. The number of pyridine rings is 1. The molecule has 1 amide bonds. The van der Waals surface area contributed by atoms with Crippen molar-refractivity contribution in [2.24, 2.45) is 0 Å². The van der Waals surface area contributed by atoms with Gasteiger partial charge in [0.25, 0.3) is 5.91 Å². The van der Waals surface area contributed by atoms with Gasteiger partial charge in [0.2, 0.25) is 0 Å². The first-order chi connectivity index (χ1) is 16.1. The number of rotatable bonds is 5. The number of hydrogen-bond donors (Lipinski definition) is 3. The zero-order chi connectivity index (χ0) is 22.8. The van der Waals surface area contributed by atoms with Crippen LogP contribution in [0.3, 0.4) is 0 Å². The minimum Gasteiger partial charge on any atom is -0.437 e. The Morgan fingerprint density at radius 3 is 2.79 bits per heavy atom. The molecule has 1 aliphatic heterocycles. The summed E-state index contributed by atoms with van der Waals surface area (Å²) in [4.78, 5) is 30.2. The smallest absolute Gasteiger partial charge is 0.376 e. The summed E-state index contributed by atoms with van der Waals surface area (Å²) in [5, 5.41) is 20.6. The van der Waals surface area contributed by atoms with Gasteiger partial charge in [0.05, 0.1) is 29.3 Å². The number of benzene rings is 1. The van der Waals surface area contributed by atoms with E-state index >= 15 is 0 Å². The number of carbonyl (C=O) groups excluding carboxylic acids is 1. The molecule has 0 bridgehead atoms. The number of piperazine rings is 1. The van der Waals surface area contributed by atoms with E-state index in [4.69, 9.17) is 0 Å². The molecule has 33 heavy (non-hydrogen) atoms. The van der Waals surface area contributed by atoms with Crippen molar-refractivity contribution in [3.63, 3.8) is 0 Å². The molecule has 1 aromatic carbocycles. The molecule has 1 saturated heterocycles. The number of fused-ring (bicyclic) bond motifs is 1. The van der Waals surface area contributed by atoms with Gasteiger partial charge in [-0.05, 0) is 37.2 Å². The second-order valence-electron chi connectivity index (χ2n) is 7.94. The summed E-state index contributed by atoms with van der Waals surface area (Å²) in [6.45, 7) is 4.74. The number of aromatic nitrogens is 5. The highest BCUT2D eigenvalue weighted by Gasteiger charge is 2.24. The molecule has 10 nitrogen and oxygen atoms in total. The summed E-state index contributed by atoms with van der Waals surface area (Å²) >= 11 is 0. The van der Waals surface area contributed by atoms with E-state index in [9.17, 15) is 9.82 Å². The average Bonchev–Trinajstić information content (AvgIpc) is 3.32. The van der Waals surface area contributed by atoms with E-state index in [1.54, 1.807) is 37.7 Å². The molecule has 0 saturated carbocycles. The van der Waals surface area contributed by atoms with E-state index in [0.29, 0.717) is 11.5 Å². The van der Waals surface area contributed by atoms with Crippen molar-refractivity contribution < 1.29 is 9.82 Å². The molecule has 1 aliphatic rings.